The van der Waals surface area contributed by atoms with Crippen molar-refractivity contribution >= 4 is 25.8 Å². The van der Waals surface area contributed by atoms with Crippen LogP contribution in [0, 0.1) is 0 Å². The fourth-order valence-corrected chi connectivity index (χ4v) is 5.65. The predicted octanol–water partition coefficient (Wildman–Crippen LogP) is 3.08. The molecular weight excluding hydrogens is 354 g/mol. The summed E-state index contributed by atoms with van der Waals surface area (Å²) in [6.07, 6.45) is 2.46. The summed E-state index contributed by atoms with van der Waals surface area (Å²) in [6, 6.07) is 5.54. The van der Waals surface area contributed by atoms with Gasteiger partial charge >= 0.3 is 0 Å². The molecule has 1 heterocycles. The molecule has 1 fully saturated rings. The molecule has 118 valence electrons. The minimum Gasteiger partial charge on any atom is -0.494 e. The zero-order valence-corrected chi connectivity index (χ0v) is 14.8. The van der Waals surface area contributed by atoms with Gasteiger partial charge in [-0.25, -0.2) is 8.42 Å². The maximum Gasteiger partial charge on any atom is 0.155 e. The Hall–Kier alpha value is -0.590. The van der Waals surface area contributed by atoms with Crippen molar-refractivity contribution in [2.24, 2.45) is 0 Å². The Balaban J connectivity index is 2.33. The second-order valence-corrected chi connectivity index (χ2v) is 8.48. The quantitative estimate of drug-likeness (QED) is 0.858. The SMILES string of the molecule is CCOc1ccc(C(NC)C2CCCCS2(=O)=O)c(Br)c1. The van der Waals surface area contributed by atoms with Crippen molar-refractivity contribution in [3.05, 3.63) is 28.2 Å². The van der Waals surface area contributed by atoms with E-state index in [0.29, 0.717) is 18.8 Å². The molecule has 2 unspecified atom stereocenters. The summed E-state index contributed by atoms with van der Waals surface area (Å²) in [4.78, 5) is 0. The van der Waals surface area contributed by atoms with Gasteiger partial charge < -0.3 is 10.1 Å². The normalized spacial score (nSPS) is 22.7. The Morgan fingerprint density at radius 3 is 2.76 bits per heavy atom. The highest BCUT2D eigenvalue weighted by molar-refractivity contribution is 9.10. The van der Waals surface area contributed by atoms with E-state index in [2.05, 4.69) is 21.2 Å². The highest BCUT2D eigenvalue weighted by Crippen LogP contribution is 2.35. The molecular formula is C15H22BrNO3S. The number of hydrogen-bond acceptors (Lipinski definition) is 4. The van der Waals surface area contributed by atoms with Gasteiger partial charge in [-0.05, 0) is 44.5 Å². The molecule has 6 heteroatoms. The van der Waals surface area contributed by atoms with Gasteiger partial charge in [0.1, 0.15) is 5.75 Å². The maximum absolute atomic E-state index is 12.4. The molecule has 1 aliphatic rings. The third kappa shape index (κ3) is 3.79. The van der Waals surface area contributed by atoms with Crippen molar-refractivity contribution in [1.82, 2.24) is 5.32 Å². The average Bonchev–Trinajstić information content (AvgIpc) is 2.43. The summed E-state index contributed by atoms with van der Waals surface area (Å²) in [5.74, 6) is 1.08. The lowest BCUT2D eigenvalue weighted by Crippen LogP contribution is -2.39. The molecule has 1 aromatic rings. The third-order valence-electron chi connectivity index (χ3n) is 3.93. The molecule has 2 rings (SSSR count). The van der Waals surface area contributed by atoms with Crippen LogP contribution in [0.25, 0.3) is 0 Å². The van der Waals surface area contributed by atoms with Gasteiger partial charge in [0.2, 0.25) is 0 Å². The fraction of sp³-hybridized carbons (Fsp3) is 0.600. The summed E-state index contributed by atoms with van der Waals surface area (Å²) in [5.41, 5.74) is 0.969. The zero-order chi connectivity index (χ0) is 15.5. The van der Waals surface area contributed by atoms with E-state index in [4.69, 9.17) is 4.74 Å². The number of ether oxygens (including phenoxy) is 1. The minimum absolute atomic E-state index is 0.194. The van der Waals surface area contributed by atoms with Crippen molar-refractivity contribution in [3.8, 4) is 5.75 Å². The number of halogens is 1. The van der Waals surface area contributed by atoms with Gasteiger partial charge in [0.15, 0.2) is 9.84 Å². The number of rotatable bonds is 5. The van der Waals surface area contributed by atoms with Crippen LogP contribution in [0.4, 0.5) is 0 Å². The lowest BCUT2D eigenvalue weighted by Gasteiger charge is -2.30. The maximum atomic E-state index is 12.4. The molecule has 2 atom stereocenters. The molecule has 0 aliphatic carbocycles. The lowest BCUT2D eigenvalue weighted by atomic mass is 9.99. The topological polar surface area (TPSA) is 55.4 Å². The molecule has 4 nitrogen and oxygen atoms in total. The summed E-state index contributed by atoms with van der Waals surface area (Å²) >= 11 is 3.55. The molecule has 0 radical (unpaired) electrons. The van der Waals surface area contributed by atoms with Crippen molar-refractivity contribution < 1.29 is 13.2 Å². The van der Waals surface area contributed by atoms with E-state index in [1.807, 2.05) is 32.2 Å². The second kappa shape index (κ2) is 7.11. The number of sulfone groups is 1. The third-order valence-corrected chi connectivity index (χ3v) is 6.90. The molecule has 0 spiro atoms. The van der Waals surface area contributed by atoms with Crippen LogP contribution in [0.2, 0.25) is 0 Å². The van der Waals surface area contributed by atoms with Crippen LogP contribution in [0.5, 0.6) is 5.75 Å². The van der Waals surface area contributed by atoms with Crippen molar-refractivity contribution in [2.75, 3.05) is 19.4 Å². The predicted molar refractivity (Wildman–Crippen MR) is 88.5 cm³/mol. The minimum atomic E-state index is -3.03. The van der Waals surface area contributed by atoms with E-state index >= 15 is 0 Å². The first-order chi connectivity index (χ1) is 9.99. The Labute approximate surface area is 135 Å². The van der Waals surface area contributed by atoms with Crippen LogP contribution in [-0.2, 0) is 9.84 Å². The first kappa shape index (κ1) is 16.8. The number of hydrogen-bond donors (Lipinski definition) is 1. The van der Waals surface area contributed by atoms with E-state index in [1.165, 1.54) is 0 Å². The van der Waals surface area contributed by atoms with E-state index in [1.54, 1.807) is 0 Å². The molecule has 0 aromatic heterocycles. The van der Waals surface area contributed by atoms with E-state index in [-0.39, 0.29) is 11.3 Å². The monoisotopic (exact) mass is 375 g/mol. The first-order valence-corrected chi connectivity index (χ1v) is 9.81. The number of nitrogens with one attached hydrogen (secondary N) is 1. The van der Waals surface area contributed by atoms with Crippen LogP contribution in [0.15, 0.2) is 22.7 Å². The van der Waals surface area contributed by atoms with E-state index in [9.17, 15) is 8.42 Å². The van der Waals surface area contributed by atoms with Crippen LogP contribution in [0.1, 0.15) is 37.8 Å². The van der Waals surface area contributed by atoms with Crippen molar-refractivity contribution in [2.45, 2.75) is 37.5 Å². The molecule has 0 amide bonds. The average molecular weight is 376 g/mol. The molecule has 1 aromatic carbocycles. The van der Waals surface area contributed by atoms with Gasteiger partial charge in [0, 0.05) is 10.5 Å². The van der Waals surface area contributed by atoms with Gasteiger partial charge in [-0.15, -0.1) is 0 Å². The summed E-state index contributed by atoms with van der Waals surface area (Å²) in [7, 11) is -1.22. The van der Waals surface area contributed by atoms with Gasteiger partial charge in [-0.3, -0.25) is 0 Å². The van der Waals surface area contributed by atoms with E-state index in [0.717, 1.165) is 28.6 Å². The van der Waals surface area contributed by atoms with Gasteiger partial charge in [-0.1, -0.05) is 28.4 Å². The van der Waals surface area contributed by atoms with Crippen molar-refractivity contribution in [1.29, 1.82) is 0 Å². The second-order valence-electron chi connectivity index (χ2n) is 5.28. The molecule has 21 heavy (non-hydrogen) atoms. The molecule has 1 N–H and O–H groups in total. The summed E-state index contributed by atoms with van der Waals surface area (Å²) < 4.78 is 31.1. The fourth-order valence-electron chi connectivity index (χ4n) is 2.91. The van der Waals surface area contributed by atoms with Crippen molar-refractivity contribution in [3.63, 3.8) is 0 Å². The van der Waals surface area contributed by atoms with Gasteiger partial charge in [0.25, 0.3) is 0 Å². The Bertz CT molecular complexity index is 589. The molecule has 1 saturated heterocycles. The van der Waals surface area contributed by atoms with Crippen LogP contribution < -0.4 is 10.1 Å². The largest absolute Gasteiger partial charge is 0.494 e. The van der Waals surface area contributed by atoms with Crippen LogP contribution in [0.3, 0.4) is 0 Å². The van der Waals surface area contributed by atoms with E-state index < -0.39 is 9.84 Å². The highest BCUT2D eigenvalue weighted by atomic mass is 79.9. The number of benzene rings is 1. The summed E-state index contributed by atoms with van der Waals surface area (Å²) in [6.45, 7) is 2.55. The Kier molecular flexibility index (Phi) is 5.68. The standard InChI is InChI=1S/C15H22BrNO3S/c1-3-20-11-7-8-12(13(16)10-11)15(17-2)14-6-4-5-9-21(14,18)19/h7-8,10,14-15,17H,3-6,9H2,1-2H3. The Morgan fingerprint density at radius 1 is 1.43 bits per heavy atom. The lowest BCUT2D eigenvalue weighted by molar-refractivity contribution is 0.339. The van der Waals surface area contributed by atoms with Gasteiger partial charge in [0.05, 0.1) is 17.6 Å². The molecule has 0 bridgehead atoms. The Morgan fingerprint density at radius 2 is 2.19 bits per heavy atom. The zero-order valence-electron chi connectivity index (χ0n) is 12.4. The first-order valence-electron chi connectivity index (χ1n) is 7.30. The van der Waals surface area contributed by atoms with Crippen LogP contribution >= 0.6 is 15.9 Å². The smallest absolute Gasteiger partial charge is 0.155 e. The molecule has 0 saturated carbocycles. The van der Waals surface area contributed by atoms with Gasteiger partial charge in [-0.2, -0.15) is 0 Å². The van der Waals surface area contributed by atoms with Crippen LogP contribution in [-0.4, -0.2) is 33.1 Å². The highest BCUT2D eigenvalue weighted by Gasteiger charge is 2.36. The molecule has 1 aliphatic heterocycles. The summed E-state index contributed by atoms with van der Waals surface area (Å²) in [5, 5.41) is 2.83.